The minimum atomic E-state index is -0.868. The topological polar surface area (TPSA) is 111 Å². The van der Waals surface area contributed by atoms with E-state index in [-0.39, 0.29) is 43.2 Å². The van der Waals surface area contributed by atoms with Crippen LogP contribution in [0.3, 0.4) is 0 Å². The van der Waals surface area contributed by atoms with E-state index >= 15 is 0 Å². The molecule has 8 heterocycles. The molecule has 502 valence electrons. The minimum Gasteiger partial charge on any atom is -0.489 e. The molecule has 2 saturated carbocycles. The van der Waals surface area contributed by atoms with Crippen LogP contribution in [-0.2, 0) is 17.8 Å². The molecule has 0 bridgehead atoms. The van der Waals surface area contributed by atoms with Gasteiger partial charge in [-0.25, -0.2) is 9.59 Å². The fourth-order valence-electron chi connectivity index (χ4n) is 17.0. The average Bonchev–Trinajstić information content (AvgIpc) is 1.58. The van der Waals surface area contributed by atoms with Crippen molar-refractivity contribution in [2.75, 3.05) is 135 Å². The Balaban J connectivity index is 0.000000195. The van der Waals surface area contributed by atoms with Crippen molar-refractivity contribution in [2.24, 2.45) is 0 Å². The Kier molecular flexibility index (Phi) is 25.3. The van der Waals surface area contributed by atoms with Gasteiger partial charge in [-0.2, -0.15) is 0 Å². The number of hydrogen-bond acceptors (Lipinski definition) is 11. The summed E-state index contributed by atoms with van der Waals surface area (Å²) in [6.07, 6.45) is 28.5. The Morgan fingerprint density at radius 3 is 1.16 bits per heavy atom. The molecule has 14 nitrogen and oxygen atoms in total. The Morgan fingerprint density at radius 1 is 0.457 bits per heavy atom. The van der Waals surface area contributed by atoms with E-state index in [0.717, 1.165) is 88.0 Å². The van der Waals surface area contributed by atoms with E-state index in [9.17, 15) is 14.7 Å². The first-order chi connectivity index (χ1) is 43.9. The first-order valence-electron chi connectivity index (χ1n) is 35.4. The van der Waals surface area contributed by atoms with Crippen LogP contribution in [-0.4, -0.2) is 171 Å². The molecule has 0 atom stereocenters. The van der Waals surface area contributed by atoms with Crippen LogP contribution in [0.15, 0.2) is 72.8 Å². The number of carbonyl (C=O) groups is 2. The van der Waals surface area contributed by atoms with E-state index in [1.165, 1.54) is 257 Å². The Bertz CT molecular complexity index is 3330. The van der Waals surface area contributed by atoms with Crippen LogP contribution in [0.25, 0.3) is 44.3 Å². The van der Waals surface area contributed by atoms with Gasteiger partial charge in [0, 0.05) is 85.3 Å². The number of halogens is 3. The van der Waals surface area contributed by atoms with Gasteiger partial charge in [0.2, 0.25) is 0 Å². The Hall–Kier alpha value is -5.19. The van der Waals surface area contributed by atoms with Crippen molar-refractivity contribution in [3.63, 3.8) is 0 Å². The molecule has 0 radical (unpaired) electrons. The number of aromatic carboxylic acids is 1. The summed E-state index contributed by atoms with van der Waals surface area (Å²) in [5.74, 6) is 1.92. The number of methoxy groups -OCH3 is 1. The van der Waals surface area contributed by atoms with E-state index < -0.39 is 5.97 Å². The van der Waals surface area contributed by atoms with Crippen molar-refractivity contribution in [1.29, 1.82) is 0 Å². The number of fused-ring (bicyclic) bond motifs is 10. The lowest BCUT2D eigenvalue weighted by molar-refractivity contribution is 0.0600. The number of carboxylic acid groups (broad SMARTS) is 1. The van der Waals surface area contributed by atoms with Crippen molar-refractivity contribution < 1.29 is 28.9 Å². The van der Waals surface area contributed by atoms with Gasteiger partial charge in [0.15, 0.2) is 11.5 Å². The predicted molar refractivity (Wildman–Crippen MR) is 383 cm³/mol. The van der Waals surface area contributed by atoms with E-state index in [1.54, 1.807) is 6.07 Å². The molecule has 8 aliphatic rings. The maximum absolute atomic E-state index is 12.6. The van der Waals surface area contributed by atoms with Crippen LogP contribution < -0.4 is 19.3 Å². The highest BCUT2D eigenvalue weighted by atomic mass is 35.5. The largest absolute Gasteiger partial charge is 0.489 e. The number of ether oxygens (including phenoxy) is 3. The average molecular weight is 1320 g/mol. The zero-order valence-corrected chi connectivity index (χ0v) is 57.5. The summed E-state index contributed by atoms with van der Waals surface area (Å²) in [4.78, 5) is 40.5. The van der Waals surface area contributed by atoms with Crippen molar-refractivity contribution in [1.82, 2.24) is 28.7 Å². The summed E-state index contributed by atoms with van der Waals surface area (Å²) >= 11 is 0. The number of piperidine rings is 4. The lowest BCUT2D eigenvalue weighted by Gasteiger charge is -2.34. The molecule has 6 aromatic rings. The maximum Gasteiger partial charge on any atom is 0.337 e. The Labute approximate surface area is 566 Å². The molecule has 4 aromatic carbocycles. The molecule has 2 aromatic heterocycles. The Morgan fingerprint density at radius 2 is 0.804 bits per heavy atom. The zero-order chi connectivity index (χ0) is 60.5. The van der Waals surface area contributed by atoms with Gasteiger partial charge in [-0.1, -0.05) is 88.5 Å². The molecule has 17 heteroatoms. The van der Waals surface area contributed by atoms with Crippen molar-refractivity contribution in [3.05, 3.63) is 95.1 Å². The molecule has 0 amide bonds. The summed E-state index contributed by atoms with van der Waals surface area (Å²) in [5, 5.41) is 12.4. The summed E-state index contributed by atoms with van der Waals surface area (Å²) in [6, 6.07) is 25.6. The van der Waals surface area contributed by atoms with Gasteiger partial charge in [-0.3, -0.25) is 0 Å². The number of benzene rings is 4. The predicted octanol–water partition coefficient (Wildman–Crippen LogP) is 15.8. The first kappa shape index (κ1) is 69.6. The van der Waals surface area contributed by atoms with E-state index in [2.05, 4.69) is 93.1 Å². The van der Waals surface area contributed by atoms with Gasteiger partial charge in [0.05, 0.1) is 54.1 Å². The number of likely N-dealkylation sites (tertiary alicyclic amines) is 4. The highest BCUT2D eigenvalue weighted by Gasteiger charge is 2.34. The third kappa shape index (κ3) is 15.7. The molecule has 0 spiro atoms. The molecule has 92 heavy (non-hydrogen) atoms. The van der Waals surface area contributed by atoms with Crippen LogP contribution in [0.5, 0.6) is 11.5 Å². The maximum atomic E-state index is 12.6. The summed E-state index contributed by atoms with van der Waals surface area (Å²) in [7, 11) is 1.46. The van der Waals surface area contributed by atoms with Crippen LogP contribution in [0.1, 0.15) is 185 Å². The number of anilines is 2. The third-order valence-electron chi connectivity index (χ3n) is 21.7. The van der Waals surface area contributed by atoms with E-state index in [0.29, 0.717) is 36.2 Å². The van der Waals surface area contributed by atoms with Crippen LogP contribution in [0.2, 0.25) is 0 Å². The zero-order valence-electron chi connectivity index (χ0n) is 55.1. The molecule has 2 aliphatic carbocycles. The number of hydrogen-bond donors (Lipinski definition) is 1. The number of para-hydroxylation sites is 2. The smallest absolute Gasteiger partial charge is 0.337 e. The number of aromatic nitrogens is 2. The first-order valence-corrected chi connectivity index (χ1v) is 35.4. The second-order valence-electron chi connectivity index (χ2n) is 27.3. The second kappa shape index (κ2) is 33.5. The molecule has 1 N–H and O–H groups in total. The summed E-state index contributed by atoms with van der Waals surface area (Å²) in [6.45, 7) is 20.9. The highest BCUT2D eigenvalue weighted by molar-refractivity contribution is 6.01. The number of carboxylic acids is 1. The van der Waals surface area contributed by atoms with Gasteiger partial charge >= 0.3 is 11.9 Å². The monoisotopic (exact) mass is 1320 g/mol. The van der Waals surface area contributed by atoms with Gasteiger partial charge in [-0.15, -0.1) is 37.2 Å². The molecule has 0 unspecified atom stereocenters. The van der Waals surface area contributed by atoms with Crippen LogP contribution >= 0.6 is 37.2 Å². The number of rotatable bonds is 18. The minimum absolute atomic E-state index is 0. The molecule has 6 aliphatic heterocycles. The normalized spacial score (nSPS) is 19.3. The fourth-order valence-corrected chi connectivity index (χ4v) is 17.0. The second-order valence-corrected chi connectivity index (χ2v) is 27.3. The SMILES string of the molecule is COC(=O)c1ccc2c(C3CCCCC3)c3n(c2c1)CCOc1c-3cccc1N(CCN1CCCCC1)CCN1CCCCC1.Cl.Cl.Cl.O=C(O)c1ccc2c(C3CCCCC3)c3n(c2c1)CCOc1c-3cccc1N(CCN1CCCCC1)CCN1CCCCC1. The van der Waals surface area contributed by atoms with Gasteiger partial charge in [-0.05, 0) is 201 Å². The molecule has 14 rings (SSSR count). The van der Waals surface area contributed by atoms with Crippen LogP contribution in [0.4, 0.5) is 11.4 Å². The quantitative estimate of drug-likeness (QED) is 0.0827. The van der Waals surface area contributed by atoms with Gasteiger partial charge in [0.1, 0.15) is 13.2 Å². The van der Waals surface area contributed by atoms with E-state index in [1.807, 2.05) is 12.1 Å². The van der Waals surface area contributed by atoms with Crippen LogP contribution in [0, 0.1) is 0 Å². The van der Waals surface area contributed by atoms with Gasteiger partial charge < -0.3 is 57.9 Å². The molecule has 4 saturated heterocycles. The molecular formula is C75H105Cl3N8O6. The fraction of sp³-hybridized carbons (Fsp3) is 0.600. The summed E-state index contributed by atoms with van der Waals surface area (Å²) < 4.78 is 23.5. The third-order valence-corrected chi connectivity index (χ3v) is 21.7. The standard InChI is InChI=1S/C38H52N4O3.C37H50N4O3.3ClH/c1-44-38(43)30-16-17-31-34(28-30)42-26-27-45-37-32(36(42)35(31)29-12-5-2-6-13-29)14-11-15-33(37)41(24-22-39-18-7-3-8-19-39)25-23-40-20-9-4-10-21-40;42-37(43)29-15-16-30-33(27-29)41-25-26-44-36-31(35(41)34(30)28-11-4-1-5-12-28)13-10-14-32(36)40(23-21-38-17-6-2-7-18-38)24-22-39-19-8-3-9-20-39;;;/h11,14-17,28-29H,2-10,12-13,18-27H2,1H3;10,13-16,27-28H,1-9,11-12,17-26H2,(H,42,43);3*1H. The molecular weight excluding hydrogens is 1220 g/mol. The summed E-state index contributed by atoms with van der Waals surface area (Å²) in [5.41, 5.74) is 13.4. The van der Waals surface area contributed by atoms with E-state index in [4.69, 9.17) is 14.2 Å². The van der Waals surface area contributed by atoms with Gasteiger partial charge in [0.25, 0.3) is 0 Å². The number of carbonyl (C=O) groups excluding carboxylic acids is 1. The molecule has 6 fully saturated rings. The van der Waals surface area contributed by atoms with Crippen molar-refractivity contribution in [2.45, 2.75) is 166 Å². The van der Waals surface area contributed by atoms with Crippen molar-refractivity contribution >= 4 is 82.3 Å². The number of nitrogens with zero attached hydrogens (tertiary/aromatic N) is 8. The lowest BCUT2D eigenvalue weighted by Crippen LogP contribution is -2.42. The number of esters is 1. The highest BCUT2D eigenvalue weighted by Crippen LogP contribution is 2.52. The lowest BCUT2D eigenvalue weighted by atomic mass is 9.81. The van der Waals surface area contributed by atoms with Crippen molar-refractivity contribution in [3.8, 4) is 34.0 Å².